The van der Waals surface area contributed by atoms with Crippen LogP contribution in [0.2, 0.25) is 0 Å². The van der Waals surface area contributed by atoms with E-state index in [0.29, 0.717) is 11.7 Å². The van der Waals surface area contributed by atoms with Gasteiger partial charge in [-0.25, -0.2) is 0 Å². The molecule has 0 unspecified atom stereocenters. The summed E-state index contributed by atoms with van der Waals surface area (Å²) in [7, 11) is 0. The first-order valence-electron chi connectivity index (χ1n) is 5.79. The third kappa shape index (κ3) is 2.47. The average Bonchev–Trinajstić information content (AvgIpc) is 2.78. The smallest absolute Gasteiger partial charge is 0.194 e. The maximum atomic E-state index is 11.1. The molecule has 0 amide bonds. The highest BCUT2D eigenvalue weighted by molar-refractivity contribution is 5.91. The second-order valence-corrected chi connectivity index (χ2v) is 4.50. The molecule has 0 aliphatic rings. The summed E-state index contributed by atoms with van der Waals surface area (Å²) in [5, 5.41) is 0. The Morgan fingerprint density at radius 2 is 1.71 bits per heavy atom. The SMILES string of the molecule is CC(=O)c1ccc(-c2ccc(C(C)C)cc2)o1. The van der Waals surface area contributed by atoms with Gasteiger partial charge in [-0.1, -0.05) is 38.1 Å². The van der Waals surface area contributed by atoms with Crippen molar-refractivity contribution in [2.75, 3.05) is 0 Å². The fourth-order valence-electron chi connectivity index (χ4n) is 1.71. The average molecular weight is 228 g/mol. The molecule has 1 aromatic heterocycles. The molecule has 0 atom stereocenters. The topological polar surface area (TPSA) is 30.2 Å². The summed E-state index contributed by atoms with van der Waals surface area (Å²) in [6.45, 7) is 5.83. The van der Waals surface area contributed by atoms with E-state index in [-0.39, 0.29) is 5.78 Å². The van der Waals surface area contributed by atoms with Gasteiger partial charge in [0.2, 0.25) is 0 Å². The van der Waals surface area contributed by atoms with Crippen molar-refractivity contribution >= 4 is 5.78 Å². The zero-order chi connectivity index (χ0) is 12.4. The Labute approximate surface area is 101 Å². The van der Waals surface area contributed by atoms with Gasteiger partial charge in [-0.15, -0.1) is 0 Å². The Hall–Kier alpha value is -1.83. The Morgan fingerprint density at radius 1 is 1.06 bits per heavy atom. The van der Waals surface area contributed by atoms with E-state index in [2.05, 4.69) is 26.0 Å². The van der Waals surface area contributed by atoms with Crippen LogP contribution in [-0.2, 0) is 0 Å². The monoisotopic (exact) mass is 228 g/mol. The van der Waals surface area contributed by atoms with Gasteiger partial charge >= 0.3 is 0 Å². The lowest BCUT2D eigenvalue weighted by Crippen LogP contribution is -1.87. The number of benzene rings is 1. The van der Waals surface area contributed by atoms with Crippen LogP contribution in [0.4, 0.5) is 0 Å². The van der Waals surface area contributed by atoms with Crippen molar-refractivity contribution in [3.63, 3.8) is 0 Å². The minimum absolute atomic E-state index is 0.0462. The van der Waals surface area contributed by atoms with E-state index in [1.54, 1.807) is 6.07 Å². The van der Waals surface area contributed by atoms with Crippen LogP contribution >= 0.6 is 0 Å². The van der Waals surface area contributed by atoms with Crippen molar-refractivity contribution in [1.29, 1.82) is 0 Å². The van der Waals surface area contributed by atoms with Crippen LogP contribution in [0.25, 0.3) is 11.3 Å². The molecule has 2 aromatic rings. The molecular formula is C15H16O2. The standard InChI is InChI=1S/C15H16O2/c1-10(2)12-4-6-13(7-5-12)15-9-8-14(17-15)11(3)16/h4-10H,1-3H3. The third-order valence-corrected chi connectivity index (χ3v) is 2.81. The van der Waals surface area contributed by atoms with Crippen LogP contribution in [0.3, 0.4) is 0 Å². The van der Waals surface area contributed by atoms with Crippen molar-refractivity contribution < 1.29 is 9.21 Å². The number of Topliss-reactive ketones (excluding diaryl/α,β-unsaturated/α-hetero) is 1. The van der Waals surface area contributed by atoms with E-state index in [1.807, 2.05) is 18.2 Å². The minimum atomic E-state index is -0.0462. The van der Waals surface area contributed by atoms with Crippen LogP contribution in [0.1, 0.15) is 42.8 Å². The second kappa shape index (κ2) is 4.58. The van der Waals surface area contributed by atoms with Gasteiger partial charge < -0.3 is 4.42 Å². The second-order valence-electron chi connectivity index (χ2n) is 4.50. The Morgan fingerprint density at radius 3 is 2.18 bits per heavy atom. The lowest BCUT2D eigenvalue weighted by Gasteiger charge is -2.05. The van der Waals surface area contributed by atoms with Crippen molar-refractivity contribution in [3.05, 3.63) is 47.7 Å². The van der Waals surface area contributed by atoms with Gasteiger partial charge in [0.1, 0.15) is 5.76 Å². The van der Waals surface area contributed by atoms with Gasteiger partial charge in [0.25, 0.3) is 0 Å². The molecule has 0 fully saturated rings. The van der Waals surface area contributed by atoms with Crippen LogP contribution < -0.4 is 0 Å². The van der Waals surface area contributed by atoms with E-state index in [1.165, 1.54) is 12.5 Å². The van der Waals surface area contributed by atoms with Gasteiger partial charge in [-0.05, 0) is 23.6 Å². The van der Waals surface area contributed by atoms with Crippen molar-refractivity contribution in [3.8, 4) is 11.3 Å². The van der Waals surface area contributed by atoms with Crippen LogP contribution in [-0.4, -0.2) is 5.78 Å². The predicted molar refractivity (Wildman–Crippen MR) is 68.2 cm³/mol. The first kappa shape index (κ1) is 11.6. The highest BCUT2D eigenvalue weighted by Crippen LogP contribution is 2.24. The van der Waals surface area contributed by atoms with Gasteiger partial charge in [-0.3, -0.25) is 4.79 Å². The Bertz CT molecular complexity index is 518. The number of rotatable bonds is 3. The highest BCUT2D eigenvalue weighted by atomic mass is 16.3. The molecule has 1 aromatic carbocycles. The number of hydrogen-bond donors (Lipinski definition) is 0. The van der Waals surface area contributed by atoms with Crippen molar-refractivity contribution in [1.82, 2.24) is 0 Å². The number of carbonyl (C=O) groups is 1. The first-order valence-corrected chi connectivity index (χ1v) is 5.79. The summed E-state index contributed by atoms with van der Waals surface area (Å²) in [6, 6.07) is 11.8. The molecule has 2 heteroatoms. The zero-order valence-corrected chi connectivity index (χ0v) is 10.4. The number of carbonyl (C=O) groups excluding carboxylic acids is 1. The van der Waals surface area contributed by atoms with Crippen molar-refractivity contribution in [2.45, 2.75) is 26.7 Å². The van der Waals surface area contributed by atoms with Crippen LogP contribution in [0, 0.1) is 0 Å². The van der Waals surface area contributed by atoms with Crippen LogP contribution in [0.15, 0.2) is 40.8 Å². The molecule has 0 saturated heterocycles. The summed E-state index contributed by atoms with van der Waals surface area (Å²) in [6.07, 6.45) is 0. The van der Waals surface area contributed by atoms with E-state index in [0.717, 1.165) is 11.3 Å². The molecule has 0 saturated carbocycles. The van der Waals surface area contributed by atoms with Gasteiger partial charge in [0.15, 0.2) is 11.5 Å². The molecule has 0 spiro atoms. The predicted octanol–water partition coefficient (Wildman–Crippen LogP) is 4.27. The highest BCUT2D eigenvalue weighted by Gasteiger charge is 2.08. The largest absolute Gasteiger partial charge is 0.453 e. The van der Waals surface area contributed by atoms with Gasteiger partial charge in [0.05, 0.1) is 0 Å². The molecule has 0 radical (unpaired) electrons. The zero-order valence-electron chi connectivity index (χ0n) is 10.4. The fraction of sp³-hybridized carbons (Fsp3) is 0.267. The fourth-order valence-corrected chi connectivity index (χ4v) is 1.71. The summed E-state index contributed by atoms with van der Waals surface area (Å²) in [5.41, 5.74) is 2.30. The van der Waals surface area contributed by atoms with E-state index >= 15 is 0 Å². The normalized spacial score (nSPS) is 10.8. The summed E-state index contributed by atoms with van der Waals surface area (Å²) in [5.74, 6) is 1.63. The molecule has 0 aliphatic carbocycles. The van der Waals surface area contributed by atoms with Gasteiger partial charge in [0, 0.05) is 12.5 Å². The summed E-state index contributed by atoms with van der Waals surface area (Å²) in [4.78, 5) is 11.1. The number of ketones is 1. The van der Waals surface area contributed by atoms with E-state index in [9.17, 15) is 4.79 Å². The first-order chi connectivity index (χ1) is 8.08. The number of hydrogen-bond acceptors (Lipinski definition) is 2. The molecular weight excluding hydrogens is 212 g/mol. The number of furan rings is 1. The maximum absolute atomic E-state index is 11.1. The lowest BCUT2D eigenvalue weighted by atomic mass is 10.0. The Balaban J connectivity index is 2.30. The molecule has 17 heavy (non-hydrogen) atoms. The molecule has 2 rings (SSSR count). The minimum Gasteiger partial charge on any atom is -0.453 e. The van der Waals surface area contributed by atoms with E-state index < -0.39 is 0 Å². The molecule has 2 nitrogen and oxygen atoms in total. The quantitative estimate of drug-likeness (QED) is 0.734. The Kier molecular flexibility index (Phi) is 3.14. The van der Waals surface area contributed by atoms with E-state index in [4.69, 9.17) is 4.42 Å². The maximum Gasteiger partial charge on any atom is 0.194 e. The van der Waals surface area contributed by atoms with Crippen molar-refractivity contribution in [2.24, 2.45) is 0 Å². The lowest BCUT2D eigenvalue weighted by molar-refractivity contribution is 0.0988. The molecule has 88 valence electrons. The van der Waals surface area contributed by atoms with Crippen LogP contribution in [0.5, 0.6) is 0 Å². The molecule has 1 heterocycles. The molecule has 0 bridgehead atoms. The molecule has 0 aliphatic heterocycles. The van der Waals surface area contributed by atoms with Gasteiger partial charge in [-0.2, -0.15) is 0 Å². The summed E-state index contributed by atoms with van der Waals surface area (Å²) >= 11 is 0. The summed E-state index contributed by atoms with van der Waals surface area (Å²) < 4.78 is 5.48. The third-order valence-electron chi connectivity index (χ3n) is 2.81. The molecule has 0 N–H and O–H groups in total.